The number of carboxylic acids is 1. The molecule has 0 amide bonds. The summed E-state index contributed by atoms with van der Waals surface area (Å²) in [5.41, 5.74) is 5.48. The monoisotopic (exact) mass is 397 g/mol. The Bertz CT molecular complexity index is 900. The third kappa shape index (κ3) is 5.21. The predicted octanol–water partition coefficient (Wildman–Crippen LogP) is 1.70. The van der Waals surface area contributed by atoms with E-state index >= 15 is 0 Å². The zero-order chi connectivity index (χ0) is 20.3. The van der Waals surface area contributed by atoms with Crippen LogP contribution >= 0.6 is 0 Å². The van der Waals surface area contributed by atoms with E-state index in [1.807, 2.05) is 40.3 Å². The molecule has 0 heterocycles. The maximum absolute atomic E-state index is 11.9. The van der Waals surface area contributed by atoms with Gasteiger partial charge in [-0.3, -0.25) is 0 Å². The van der Waals surface area contributed by atoms with Gasteiger partial charge in [-0.1, -0.05) is 42.5 Å². The number of rotatable bonds is 6. The van der Waals surface area contributed by atoms with E-state index in [1.165, 1.54) is 0 Å². The van der Waals surface area contributed by atoms with Crippen molar-refractivity contribution in [1.82, 2.24) is 0 Å². The van der Waals surface area contributed by atoms with Crippen LogP contribution in [0.1, 0.15) is 33.0 Å². The number of hydrogen-bond donors (Lipinski definition) is 1. The Morgan fingerprint density at radius 3 is 1.52 bits per heavy atom. The van der Waals surface area contributed by atoms with Crippen LogP contribution in [0.3, 0.4) is 0 Å². The molecule has 0 fully saturated rings. The number of carboxylic acid groups (broad SMARTS) is 1. The molecule has 29 heavy (non-hydrogen) atoms. The molecule has 0 saturated heterocycles. The minimum atomic E-state index is -0.907. The minimum Gasteiger partial charge on any atom is -0.478 e. The molecule has 3 aromatic rings. The molecular formula is C24H26N2NaO2+. The molecule has 4 nitrogen and oxygen atoms in total. The number of hydrogen-bond acceptors (Lipinski definition) is 3. The van der Waals surface area contributed by atoms with Gasteiger partial charge in [0.15, 0.2) is 0 Å². The summed E-state index contributed by atoms with van der Waals surface area (Å²) in [5.74, 6) is -1.06. The third-order valence-corrected chi connectivity index (χ3v) is 4.99. The topological polar surface area (TPSA) is 43.8 Å². The number of aromatic carboxylic acids is 1. The quantitative estimate of drug-likeness (QED) is 0.508. The smallest absolute Gasteiger partial charge is 0.478 e. The van der Waals surface area contributed by atoms with E-state index in [0.29, 0.717) is 5.56 Å². The van der Waals surface area contributed by atoms with Crippen molar-refractivity contribution in [3.63, 3.8) is 0 Å². The summed E-state index contributed by atoms with van der Waals surface area (Å²) >= 11 is 0. The Labute approximate surface area is 195 Å². The summed E-state index contributed by atoms with van der Waals surface area (Å²) in [6, 6.07) is 23.9. The van der Waals surface area contributed by atoms with Gasteiger partial charge in [-0.05, 0) is 47.0 Å². The molecule has 0 radical (unpaired) electrons. The maximum Gasteiger partial charge on any atom is 1.00 e. The van der Waals surface area contributed by atoms with E-state index < -0.39 is 5.97 Å². The number of anilines is 2. The van der Waals surface area contributed by atoms with Gasteiger partial charge in [0.05, 0.1) is 5.56 Å². The van der Waals surface area contributed by atoms with Gasteiger partial charge in [0.1, 0.15) is 0 Å². The molecule has 0 saturated carbocycles. The summed E-state index contributed by atoms with van der Waals surface area (Å²) in [6.45, 7) is 0. The first-order chi connectivity index (χ1) is 13.4. The largest absolute Gasteiger partial charge is 1.00 e. The van der Waals surface area contributed by atoms with E-state index in [9.17, 15) is 9.90 Å². The van der Waals surface area contributed by atoms with Gasteiger partial charge < -0.3 is 14.9 Å². The fourth-order valence-corrected chi connectivity index (χ4v) is 3.42. The van der Waals surface area contributed by atoms with Gasteiger partial charge in [-0.15, -0.1) is 0 Å². The molecule has 144 valence electrons. The fourth-order valence-electron chi connectivity index (χ4n) is 3.42. The number of benzene rings is 3. The molecule has 0 unspecified atom stereocenters. The second-order valence-corrected chi connectivity index (χ2v) is 7.30. The molecule has 0 aliphatic carbocycles. The molecule has 0 atom stereocenters. The van der Waals surface area contributed by atoms with Crippen LogP contribution in [0.4, 0.5) is 11.4 Å². The van der Waals surface area contributed by atoms with Crippen LogP contribution in [0.5, 0.6) is 0 Å². The van der Waals surface area contributed by atoms with E-state index in [1.54, 1.807) is 12.1 Å². The third-order valence-electron chi connectivity index (χ3n) is 4.99. The molecule has 0 bridgehead atoms. The second kappa shape index (κ2) is 9.97. The van der Waals surface area contributed by atoms with Crippen LogP contribution in [-0.2, 0) is 0 Å². The predicted molar refractivity (Wildman–Crippen MR) is 116 cm³/mol. The van der Waals surface area contributed by atoms with Crippen molar-refractivity contribution in [2.75, 3.05) is 38.0 Å². The van der Waals surface area contributed by atoms with Crippen molar-refractivity contribution in [3.05, 3.63) is 95.1 Å². The van der Waals surface area contributed by atoms with Gasteiger partial charge in [0, 0.05) is 45.5 Å². The van der Waals surface area contributed by atoms with E-state index in [2.05, 4.69) is 58.3 Å². The summed E-state index contributed by atoms with van der Waals surface area (Å²) in [7, 11) is 8.02. The molecule has 3 aromatic carbocycles. The number of carbonyl (C=O) groups is 1. The average Bonchev–Trinajstić information content (AvgIpc) is 2.69. The van der Waals surface area contributed by atoms with E-state index in [0.717, 1.165) is 28.1 Å². The molecule has 1 N–H and O–H groups in total. The maximum atomic E-state index is 11.9. The van der Waals surface area contributed by atoms with Gasteiger partial charge in [-0.2, -0.15) is 0 Å². The van der Waals surface area contributed by atoms with Gasteiger partial charge in [0.25, 0.3) is 0 Å². The number of nitrogens with zero attached hydrogens (tertiary/aromatic N) is 2. The normalized spacial score (nSPS) is 10.4. The zero-order valence-electron chi connectivity index (χ0n) is 17.8. The van der Waals surface area contributed by atoms with Crippen molar-refractivity contribution in [3.8, 4) is 0 Å². The van der Waals surface area contributed by atoms with Crippen LogP contribution in [0, 0.1) is 0 Å². The van der Waals surface area contributed by atoms with Crippen LogP contribution in [0.15, 0.2) is 72.8 Å². The summed E-state index contributed by atoms with van der Waals surface area (Å²) in [6.07, 6.45) is 0. The van der Waals surface area contributed by atoms with Crippen molar-refractivity contribution in [1.29, 1.82) is 0 Å². The molecular weight excluding hydrogens is 371 g/mol. The van der Waals surface area contributed by atoms with E-state index in [-0.39, 0.29) is 35.5 Å². The first-order valence-corrected chi connectivity index (χ1v) is 9.25. The van der Waals surface area contributed by atoms with Gasteiger partial charge >= 0.3 is 35.5 Å². The van der Waals surface area contributed by atoms with Crippen molar-refractivity contribution in [2.24, 2.45) is 0 Å². The summed E-state index contributed by atoms with van der Waals surface area (Å²) in [5, 5.41) is 9.73. The van der Waals surface area contributed by atoms with Crippen LogP contribution in [0.2, 0.25) is 0 Å². The Kier molecular flexibility index (Phi) is 7.91. The Hall–Kier alpha value is -2.27. The Balaban J connectivity index is 0.00000300. The average molecular weight is 397 g/mol. The molecule has 0 aliphatic rings. The second-order valence-electron chi connectivity index (χ2n) is 7.30. The molecule has 3 rings (SSSR count). The minimum absolute atomic E-state index is 0. The van der Waals surface area contributed by atoms with Crippen LogP contribution < -0.4 is 39.4 Å². The van der Waals surface area contributed by atoms with Crippen molar-refractivity contribution >= 4 is 17.3 Å². The zero-order valence-corrected chi connectivity index (χ0v) is 19.8. The standard InChI is InChI=1S/C24H26N2O2.Na/c1-25(2)19-13-9-17(10-14-19)23(18-11-15-20(16-12-18)26(3)4)21-7-5-6-8-22(21)24(27)28;/h5-16,23H,1-4H3,(H,27,28);/q;+1. The van der Waals surface area contributed by atoms with Crippen molar-refractivity contribution < 1.29 is 39.5 Å². The first kappa shape index (κ1) is 23.0. The SMILES string of the molecule is CN(C)c1ccc(C(c2ccc(N(C)C)cc2)c2ccccc2C(=O)O)cc1.[Na+]. The molecule has 5 heteroatoms. The summed E-state index contributed by atoms with van der Waals surface area (Å²) in [4.78, 5) is 16.0. The molecule has 0 aromatic heterocycles. The Morgan fingerprint density at radius 2 is 1.14 bits per heavy atom. The molecule has 0 spiro atoms. The molecule has 0 aliphatic heterocycles. The van der Waals surface area contributed by atoms with Crippen molar-refractivity contribution in [2.45, 2.75) is 5.92 Å². The van der Waals surface area contributed by atoms with Crippen LogP contribution in [0.25, 0.3) is 0 Å². The fraction of sp³-hybridized carbons (Fsp3) is 0.208. The van der Waals surface area contributed by atoms with Gasteiger partial charge in [-0.25, -0.2) is 4.79 Å². The summed E-state index contributed by atoms with van der Waals surface area (Å²) < 4.78 is 0. The first-order valence-electron chi connectivity index (χ1n) is 9.25. The van der Waals surface area contributed by atoms with Crippen LogP contribution in [-0.4, -0.2) is 39.3 Å². The van der Waals surface area contributed by atoms with E-state index in [4.69, 9.17) is 0 Å². The van der Waals surface area contributed by atoms with Gasteiger partial charge in [0.2, 0.25) is 0 Å². The Morgan fingerprint density at radius 1 is 0.724 bits per heavy atom.